The number of carbonyl (C=O) groups excluding carboxylic acids is 1. The van der Waals surface area contributed by atoms with Crippen molar-refractivity contribution in [3.05, 3.63) is 30.1 Å². The van der Waals surface area contributed by atoms with Crippen LogP contribution in [0.4, 0.5) is 0 Å². The fourth-order valence-electron chi connectivity index (χ4n) is 1.07. The second kappa shape index (κ2) is 6.10. The number of hydrogen-bond donors (Lipinski definition) is 2. The largest absolute Gasteiger partial charge is 0.358 e. The number of rotatable bonds is 5. The molecule has 0 aromatic carbocycles. The van der Waals surface area contributed by atoms with Crippen LogP contribution in [0, 0.1) is 0 Å². The minimum Gasteiger partial charge on any atom is -0.358 e. The Morgan fingerprint density at radius 1 is 1.43 bits per heavy atom. The van der Waals surface area contributed by atoms with E-state index in [0.717, 1.165) is 13.0 Å². The minimum atomic E-state index is 0.0136. The van der Waals surface area contributed by atoms with E-state index in [1.165, 1.54) is 5.56 Å². The van der Waals surface area contributed by atoms with Crippen molar-refractivity contribution in [1.82, 2.24) is 15.6 Å². The van der Waals surface area contributed by atoms with Gasteiger partial charge in [-0.05, 0) is 30.7 Å². The van der Waals surface area contributed by atoms with Crippen molar-refractivity contribution in [2.45, 2.75) is 6.42 Å². The number of likely N-dealkylation sites (N-methyl/N-ethyl adjacent to an activating group) is 1. The molecule has 1 amide bonds. The first-order valence-corrected chi connectivity index (χ1v) is 4.63. The fourth-order valence-corrected chi connectivity index (χ4v) is 1.07. The zero-order chi connectivity index (χ0) is 10.2. The molecule has 76 valence electrons. The van der Waals surface area contributed by atoms with Crippen LogP contribution in [-0.2, 0) is 11.2 Å². The number of amides is 1. The highest BCUT2D eigenvalue weighted by atomic mass is 16.1. The van der Waals surface area contributed by atoms with E-state index in [4.69, 9.17) is 0 Å². The second-order valence-corrected chi connectivity index (χ2v) is 2.96. The molecule has 0 unspecified atom stereocenters. The highest BCUT2D eigenvalue weighted by Gasteiger charge is 1.96. The van der Waals surface area contributed by atoms with Crippen LogP contribution in [-0.4, -0.2) is 31.0 Å². The van der Waals surface area contributed by atoms with E-state index in [1.807, 2.05) is 12.1 Å². The third kappa shape index (κ3) is 4.00. The van der Waals surface area contributed by atoms with Crippen molar-refractivity contribution in [2.75, 3.05) is 20.1 Å². The van der Waals surface area contributed by atoms with Crippen LogP contribution < -0.4 is 10.6 Å². The van der Waals surface area contributed by atoms with Gasteiger partial charge in [-0.25, -0.2) is 0 Å². The third-order valence-corrected chi connectivity index (χ3v) is 1.90. The molecule has 0 aliphatic rings. The second-order valence-electron chi connectivity index (χ2n) is 2.96. The molecule has 4 heteroatoms. The van der Waals surface area contributed by atoms with Crippen molar-refractivity contribution >= 4 is 5.91 Å². The SMILES string of the molecule is CNC(=O)CNCCc1ccncc1. The van der Waals surface area contributed by atoms with Gasteiger partial charge in [0.15, 0.2) is 0 Å². The van der Waals surface area contributed by atoms with Crippen LogP contribution in [0.2, 0.25) is 0 Å². The molecule has 0 saturated heterocycles. The summed E-state index contributed by atoms with van der Waals surface area (Å²) in [4.78, 5) is 14.8. The van der Waals surface area contributed by atoms with Crippen LogP contribution >= 0.6 is 0 Å². The van der Waals surface area contributed by atoms with Gasteiger partial charge in [-0.3, -0.25) is 9.78 Å². The summed E-state index contributed by atoms with van der Waals surface area (Å²) in [6.45, 7) is 1.18. The molecule has 0 spiro atoms. The Balaban J connectivity index is 2.13. The average molecular weight is 193 g/mol. The fraction of sp³-hybridized carbons (Fsp3) is 0.400. The van der Waals surface area contributed by atoms with Gasteiger partial charge >= 0.3 is 0 Å². The molecule has 1 aromatic rings. The maximum Gasteiger partial charge on any atom is 0.233 e. The van der Waals surface area contributed by atoms with Crippen LogP contribution in [0.1, 0.15) is 5.56 Å². The molecule has 14 heavy (non-hydrogen) atoms. The quantitative estimate of drug-likeness (QED) is 0.645. The summed E-state index contributed by atoms with van der Waals surface area (Å²) < 4.78 is 0. The standard InChI is InChI=1S/C10H15N3O/c1-11-10(14)8-13-7-4-9-2-5-12-6-3-9/h2-3,5-6,13H,4,7-8H2,1H3,(H,11,14). The van der Waals surface area contributed by atoms with E-state index < -0.39 is 0 Å². The molecule has 0 fully saturated rings. The Morgan fingerprint density at radius 3 is 2.79 bits per heavy atom. The number of hydrogen-bond acceptors (Lipinski definition) is 3. The smallest absolute Gasteiger partial charge is 0.233 e. The van der Waals surface area contributed by atoms with Crippen molar-refractivity contribution in [3.63, 3.8) is 0 Å². The molecule has 2 N–H and O–H groups in total. The lowest BCUT2D eigenvalue weighted by Gasteiger charge is -2.03. The lowest BCUT2D eigenvalue weighted by Crippen LogP contribution is -2.32. The van der Waals surface area contributed by atoms with Gasteiger partial charge in [0, 0.05) is 19.4 Å². The number of carbonyl (C=O) groups is 1. The van der Waals surface area contributed by atoms with E-state index in [1.54, 1.807) is 19.4 Å². The van der Waals surface area contributed by atoms with E-state index in [0.29, 0.717) is 6.54 Å². The summed E-state index contributed by atoms with van der Waals surface area (Å²) in [7, 11) is 1.63. The molecular formula is C10H15N3O. The van der Waals surface area contributed by atoms with Crippen LogP contribution in [0.5, 0.6) is 0 Å². The maximum absolute atomic E-state index is 10.8. The molecule has 1 rings (SSSR count). The van der Waals surface area contributed by atoms with Gasteiger partial charge in [0.2, 0.25) is 5.91 Å². The Morgan fingerprint density at radius 2 is 2.14 bits per heavy atom. The predicted octanol–water partition coefficient (Wildman–Crippen LogP) is -0.0403. The summed E-state index contributed by atoms with van der Waals surface area (Å²) in [5.41, 5.74) is 1.23. The van der Waals surface area contributed by atoms with E-state index >= 15 is 0 Å². The van der Waals surface area contributed by atoms with Crippen LogP contribution in [0.15, 0.2) is 24.5 Å². The zero-order valence-electron chi connectivity index (χ0n) is 8.29. The monoisotopic (exact) mass is 193 g/mol. The lowest BCUT2D eigenvalue weighted by atomic mass is 10.2. The third-order valence-electron chi connectivity index (χ3n) is 1.90. The van der Waals surface area contributed by atoms with Gasteiger partial charge in [-0.2, -0.15) is 0 Å². The molecule has 0 radical (unpaired) electrons. The van der Waals surface area contributed by atoms with Gasteiger partial charge < -0.3 is 10.6 Å². The number of nitrogens with one attached hydrogen (secondary N) is 2. The van der Waals surface area contributed by atoms with Gasteiger partial charge in [0.25, 0.3) is 0 Å². The van der Waals surface area contributed by atoms with Crippen molar-refractivity contribution < 1.29 is 4.79 Å². The number of nitrogens with zero attached hydrogens (tertiary/aromatic N) is 1. The summed E-state index contributed by atoms with van der Waals surface area (Å²) in [6, 6.07) is 3.95. The van der Waals surface area contributed by atoms with E-state index in [2.05, 4.69) is 15.6 Å². The van der Waals surface area contributed by atoms with Gasteiger partial charge in [-0.15, -0.1) is 0 Å². The molecule has 0 atom stereocenters. The molecule has 1 aromatic heterocycles. The predicted molar refractivity (Wildman–Crippen MR) is 54.9 cm³/mol. The summed E-state index contributed by atoms with van der Waals surface area (Å²) in [5, 5.41) is 5.60. The highest BCUT2D eigenvalue weighted by Crippen LogP contribution is 1.95. The summed E-state index contributed by atoms with van der Waals surface area (Å²) >= 11 is 0. The molecule has 0 saturated carbocycles. The minimum absolute atomic E-state index is 0.0136. The van der Waals surface area contributed by atoms with Crippen molar-refractivity contribution in [2.24, 2.45) is 0 Å². The first kappa shape index (κ1) is 10.7. The van der Waals surface area contributed by atoms with Gasteiger partial charge in [0.1, 0.15) is 0 Å². The van der Waals surface area contributed by atoms with E-state index in [-0.39, 0.29) is 5.91 Å². The molecule has 1 heterocycles. The zero-order valence-corrected chi connectivity index (χ0v) is 8.29. The normalized spacial score (nSPS) is 9.79. The van der Waals surface area contributed by atoms with Crippen molar-refractivity contribution in [3.8, 4) is 0 Å². The number of pyridine rings is 1. The summed E-state index contributed by atoms with van der Waals surface area (Å²) in [5.74, 6) is 0.0136. The Hall–Kier alpha value is -1.42. The van der Waals surface area contributed by atoms with Crippen LogP contribution in [0.3, 0.4) is 0 Å². The molecule has 4 nitrogen and oxygen atoms in total. The Bertz CT molecular complexity index is 274. The van der Waals surface area contributed by atoms with Crippen molar-refractivity contribution in [1.29, 1.82) is 0 Å². The van der Waals surface area contributed by atoms with Crippen LogP contribution in [0.25, 0.3) is 0 Å². The first-order chi connectivity index (χ1) is 6.83. The Labute approximate surface area is 83.7 Å². The molecule has 0 bridgehead atoms. The highest BCUT2D eigenvalue weighted by molar-refractivity contribution is 5.77. The molecule has 0 aliphatic heterocycles. The Kier molecular flexibility index (Phi) is 4.64. The first-order valence-electron chi connectivity index (χ1n) is 4.63. The topological polar surface area (TPSA) is 54.0 Å². The maximum atomic E-state index is 10.8. The number of aromatic nitrogens is 1. The summed E-state index contributed by atoms with van der Waals surface area (Å²) in [6.07, 6.45) is 4.46. The van der Waals surface area contributed by atoms with E-state index in [9.17, 15) is 4.79 Å². The van der Waals surface area contributed by atoms with Gasteiger partial charge in [0.05, 0.1) is 6.54 Å². The molecule has 0 aliphatic carbocycles. The lowest BCUT2D eigenvalue weighted by molar-refractivity contribution is -0.119. The van der Waals surface area contributed by atoms with Gasteiger partial charge in [-0.1, -0.05) is 0 Å². The average Bonchev–Trinajstić information content (AvgIpc) is 2.25. The molecular weight excluding hydrogens is 178 g/mol.